The van der Waals surface area contributed by atoms with Crippen molar-refractivity contribution < 1.29 is 0 Å². The van der Waals surface area contributed by atoms with E-state index in [-0.39, 0.29) is 0 Å². The topological polar surface area (TPSA) is 0 Å². The van der Waals surface area contributed by atoms with Crippen molar-refractivity contribution in [3.8, 4) is 0 Å². The normalized spacial score (nSPS) is 18.8. The predicted octanol–water partition coefficient (Wildman–Crippen LogP) is 3.30. The Bertz CT molecular complexity index is 196. The third-order valence-corrected chi connectivity index (χ3v) is 4.19. The molecule has 1 aliphatic rings. The molecule has 0 nitrogen and oxygen atoms in total. The highest BCUT2D eigenvalue weighted by molar-refractivity contribution is 7.77. The quantitative estimate of drug-likeness (QED) is 0.537. The number of rotatable bonds is 1. The van der Waals surface area contributed by atoms with Crippen LogP contribution in [0.25, 0.3) is 0 Å². The van der Waals surface area contributed by atoms with E-state index in [0.717, 1.165) is 11.5 Å². The second-order valence-corrected chi connectivity index (χ2v) is 8.39. The van der Waals surface area contributed by atoms with Gasteiger partial charge in [-0.05, 0) is 6.08 Å². The molecule has 1 rings (SSSR count). The number of hydrogen-bond donors (Lipinski definition) is 0. The molecule has 0 heterocycles. The van der Waals surface area contributed by atoms with Gasteiger partial charge >= 0.3 is 0 Å². The summed E-state index contributed by atoms with van der Waals surface area (Å²) in [5.74, 6) is 0. The molecule has 0 saturated heterocycles. The van der Waals surface area contributed by atoms with Crippen LogP contribution in [0.3, 0.4) is 0 Å². The first-order valence-corrected chi connectivity index (χ1v) is 6.90. The van der Waals surface area contributed by atoms with Crippen LogP contribution in [0.15, 0.2) is 22.5 Å². The maximum Gasteiger partial charge on any atom is 0.0928 e. The highest BCUT2D eigenvalue weighted by Gasteiger charge is 2.28. The summed E-state index contributed by atoms with van der Waals surface area (Å²) in [7, 11) is -0.834. The Kier molecular flexibility index (Phi) is 2.22. The minimum atomic E-state index is -0.834. The number of allylic oxidation sites excluding steroid dienone is 4. The first-order valence-electron chi connectivity index (χ1n) is 3.39. The van der Waals surface area contributed by atoms with E-state index in [1.165, 1.54) is 5.31 Å². The Morgan fingerprint density at radius 1 is 1.40 bits per heavy atom. The summed E-state index contributed by atoms with van der Waals surface area (Å²) in [4.78, 5) is 0. The predicted molar refractivity (Wildman–Crippen MR) is 51.3 cm³/mol. The zero-order valence-electron chi connectivity index (χ0n) is 6.69. The number of halogens is 1. The third-order valence-electron chi connectivity index (χ3n) is 1.66. The molecular formula is C8H13ClP+. The van der Waals surface area contributed by atoms with E-state index < -0.39 is 7.26 Å². The lowest BCUT2D eigenvalue weighted by Gasteiger charge is -2.12. The van der Waals surface area contributed by atoms with Crippen LogP contribution in [0.1, 0.15) is 6.42 Å². The Morgan fingerprint density at radius 2 is 2.00 bits per heavy atom. The van der Waals surface area contributed by atoms with Gasteiger partial charge in [0.25, 0.3) is 0 Å². The average Bonchev–Trinajstić information content (AvgIpc) is 2.11. The molecule has 0 aromatic heterocycles. The molecule has 0 aromatic rings. The van der Waals surface area contributed by atoms with E-state index in [4.69, 9.17) is 11.6 Å². The Hall–Kier alpha value is 0.200. The minimum Gasteiger partial charge on any atom is -0.0804 e. The van der Waals surface area contributed by atoms with Gasteiger partial charge in [-0.2, -0.15) is 0 Å². The van der Waals surface area contributed by atoms with Gasteiger partial charge in [0, 0.05) is 13.7 Å². The number of hydrogen-bond acceptors (Lipinski definition) is 0. The fraction of sp³-hybridized carbons (Fsp3) is 0.500. The molecule has 0 spiro atoms. The van der Waals surface area contributed by atoms with Crippen LogP contribution in [0, 0.1) is 0 Å². The molecular weight excluding hydrogens is 163 g/mol. The maximum atomic E-state index is 5.98. The summed E-state index contributed by atoms with van der Waals surface area (Å²) < 4.78 is 0. The standard InChI is InChI=1S/C8H13ClP/c1-10(2,3)8-6-4-5-7(8)9/h4-5H,6H2,1-3H3/q+1. The van der Waals surface area contributed by atoms with Crippen LogP contribution in [-0.4, -0.2) is 20.0 Å². The molecule has 0 aromatic carbocycles. The first kappa shape index (κ1) is 8.30. The van der Waals surface area contributed by atoms with Crippen LogP contribution in [0.4, 0.5) is 0 Å². The lowest BCUT2D eigenvalue weighted by Crippen LogP contribution is -1.88. The van der Waals surface area contributed by atoms with Crippen LogP contribution >= 0.6 is 18.9 Å². The van der Waals surface area contributed by atoms with Crippen molar-refractivity contribution in [2.24, 2.45) is 0 Å². The van der Waals surface area contributed by atoms with Crippen LogP contribution in [-0.2, 0) is 0 Å². The van der Waals surface area contributed by atoms with Crippen molar-refractivity contribution in [2.75, 3.05) is 20.0 Å². The smallest absolute Gasteiger partial charge is 0.0804 e. The molecule has 0 radical (unpaired) electrons. The SMILES string of the molecule is C[P+](C)(C)C1=C(Cl)C=CC1. The minimum absolute atomic E-state index is 0.834. The Labute approximate surface area is 68.3 Å². The molecule has 0 aliphatic heterocycles. The van der Waals surface area contributed by atoms with Crippen LogP contribution < -0.4 is 0 Å². The molecule has 2 heteroatoms. The summed E-state index contributed by atoms with van der Waals surface area (Å²) >= 11 is 5.98. The lowest BCUT2D eigenvalue weighted by atomic mass is 10.5. The molecule has 0 bridgehead atoms. The Morgan fingerprint density at radius 3 is 2.20 bits per heavy atom. The summed E-state index contributed by atoms with van der Waals surface area (Å²) in [6.07, 6.45) is 5.24. The second kappa shape index (κ2) is 2.68. The van der Waals surface area contributed by atoms with Gasteiger partial charge in [-0.25, -0.2) is 0 Å². The summed E-state index contributed by atoms with van der Waals surface area (Å²) in [5, 5.41) is 2.45. The second-order valence-electron chi connectivity index (χ2n) is 3.41. The average molecular weight is 176 g/mol. The van der Waals surface area contributed by atoms with Crippen molar-refractivity contribution >= 4 is 18.9 Å². The van der Waals surface area contributed by atoms with E-state index in [9.17, 15) is 0 Å². The van der Waals surface area contributed by atoms with Gasteiger partial charge in [-0.3, -0.25) is 0 Å². The summed E-state index contributed by atoms with van der Waals surface area (Å²) in [6.45, 7) is 6.91. The highest BCUT2D eigenvalue weighted by atomic mass is 35.5. The molecule has 0 unspecified atom stereocenters. The van der Waals surface area contributed by atoms with E-state index in [0.29, 0.717) is 0 Å². The molecule has 0 amide bonds. The molecule has 0 N–H and O–H groups in total. The van der Waals surface area contributed by atoms with Gasteiger partial charge < -0.3 is 0 Å². The van der Waals surface area contributed by atoms with Crippen molar-refractivity contribution in [1.29, 1.82) is 0 Å². The molecule has 10 heavy (non-hydrogen) atoms. The summed E-state index contributed by atoms with van der Waals surface area (Å²) in [6, 6.07) is 0. The van der Waals surface area contributed by atoms with Gasteiger partial charge in [0.2, 0.25) is 0 Å². The van der Waals surface area contributed by atoms with E-state index in [1.807, 2.05) is 6.08 Å². The molecule has 0 saturated carbocycles. The van der Waals surface area contributed by atoms with Gasteiger partial charge in [-0.1, -0.05) is 17.7 Å². The van der Waals surface area contributed by atoms with Crippen LogP contribution in [0.5, 0.6) is 0 Å². The van der Waals surface area contributed by atoms with E-state index >= 15 is 0 Å². The molecule has 1 aliphatic carbocycles. The molecule has 0 atom stereocenters. The largest absolute Gasteiger partial charge is 0.0928 e. The zero-order valence-corrected chi connectivity index (χ0v) is 8.34. The monoisotopic (exact) mass is 175 g/mol. The van der Waals surface area contributed by atoms with Crippen LogP contribution in [0.2, 0.25) is 0 Å². The van der Waals surface area contributed by atoms with Gasteiger partial charge in [0.1, 0.15) is 0 Å². The van der Waals surface area contributed by atoms with Gasteiger partial charge in [0.05, 0.1) is 30.3 Å². The van der Waals surface area contributed by atoms with Crippen molar-refractivity contribution in [3.63, 3.8) is 0 Å². The first-order chi connectivity index (χ1) is 4.52. The molecule has 56 valence electrons. The fourth-order valence-corrected chi connectivity index (χ4v) is 3.36. The van der Waals surface area contributed by atoms with Crippen molar-refractivity contribution in [3.05, 3.63) is 22.5 Å². The zero-order chi connectivity index (χ0) is 7.78. The Balaban J connectivity index is 2.86. The van der Waals surface area contributed by atoms with Gasteiger partial charge in [0.15, 0.2) is 0 Å². The molecule has 0 fully saturated rings. The van der Waals surface area contributed by atoms with Crippen molar-refractivity contribution in [2.45, 2.75) is 6.42 Å². The maximum absolute atomic E-state index is 5.98. The van der Waals surface area contributed by atoms with Gasteiger partial charge in [-0.15, -0.1) is 0 Å². The lowest BCUT2D eigenvalue weighted by molar-refractivity contribution is 1.39. The van der Waals surface area contributed by atoms with E-state index in [2.05, 4.69) is 26.1 Å². The van der Waals surface area contributed by atoms with Crippen molar-refractivity contribution in [1.82, 2.24) is 0 Å². The summed E-state index contributed by atoms with van der Waals surface area (Å²) in [5.41, 5.74) is 0. The fourth-order valence-electron chi connectivity index (χ4n) is 1.06. The highest BCUT2D eigenvalue weighted by Crippen LogP contribution is 2.59. The van der Waals surface area contributed by atoms with E-state index in [1.54, 1.807) is 0 Å². The third kappa shape index (κ3) is 1.62.